The summed E-state index contributed by atoms with van der Waals surface area (Å²) in [7, 11) is 8.09. The van der Waals surface area contributed by atoms with Crippen LogP contribution < -0.4 is 29.4 Å². The molecule has 0 saturated carbocycles. The quantitative estimate of drug-likeness (QED) is 0.199. The summed E-state index contributed by atoms with van der Waals surface area (Å²) in [5.41, 5.74) is 10.4. The van der Waals surface area contributed by atoms with Crippen LogP contribution in [-0.2, 0) is 17.6 Å². The van der Waals surface area contributed by atoms with E-state index in [0.29, 0.717) is 42.4 Å². The van der Waals surface area contributed by atoms with Crippen molar-refractivity contribution in [1.29, 1.82) is 0 Å². The molecule has 9 heteroatoms. The first-order valence-electron chi connectivity index (χ1n) is 15.0. The molecule has 0 aromatic heterocycles. The number of benzene rings is 5. The number of amides is 1. The molecule has 2 atom stereocenters. The summed E-state index contributed by atoms with van der Waals surface area (Å²) in [5.74, 6) is 3.08. The van der Waals surface area contributed by atoms with Crippen LogP contribution in [0.5, 0.6) is 34.5 Å². The highest BCUT2D eigenvalue weighted by Gasteiger charge is 2.37. The zero-order valence-electron chi connectivity index (χ0n) is 26.6. The van der Waals surface area contributed by atoms with E-state index in [0.717, 1.165) is 49.5 Å². The highest BCUT2D eigenvalue weighted by Crippen LogP contribution is 2.46. The van der Waals surface area contributed by atoms with E-state index in [1.54, 1.807) is 59.8 Å². The lowest BCUT2D eigenvalue weighted by atomic mass is 9.83. The third-order valence-corrected chi connectivity index (χ3v) is 8.86. The fraction of sp³-hybridized carbons (Fsp3) is 0.270. The third-order valence-electron chi connectivity index (χ3n) is 8.86. The van der Waals surface area contributed by atoms with Gasteiger partial charge in [0.1, 0.15) is 11.5 Å². The number of rotatable bonds is 9. The number of nitrogens with two attached hydrogens (primary N) is 1. The Morgan fingerprint density at radius 1 is 0.761 bits per heavy atom. The summed E-state index contributed by atoms with van der Waals surface area (Å²) in [5, 5.41) is 13.5. The van der Waals surface area contributed by atoms with Gasteiger partial charge in [0.2, 0.25) is 5.91 Å². The van der Waals surface area contributed by atoms with Crippen LogP contribution >= 0.6 is 0 Å². The average Bonchev–Trinajstić information content (AvgIpc) is 3.09. The van der Waals surface area contributed by atoms with Gasteiger partial charge in [0.25, 0.3) is 0 Å². The van der Waals surface area contributed by atoms with Crippen molar-refractivity contribution >= 4 is 27.5 Å². The first-order valence-corrected chi connectivity index (χ1v) is 15.0. The summed E-state index contributed by atoms with van der Waals surface area (Å²) in [6.45, 7) is 0.449. The van der Waals surface area contributed by atoms with Gasteiger partial charge in [-0.1, -0.05) is 18.2 Å². The lowest BCUT2D eigenvalue weighted by molar-refractivity contribution is -0.134. The SMILES string of the molecule is COc1ccc2cc(C3c4cc(OC)c(OC)cc4CCN3C(=O)C(N)Cc3ccc(O)cc3)c3cc(OC)c(OC)cc3c2c1. The lowest BCUT2D eigenvalue weighted by Gasteiger charge is -2.40. The number of carbonyl (C=O) groups excluding carboxylic acids is 1. The van der Waals surface area contributed by atoms with Crippen molar-refractivity contribution in [2.24, 2.45) is 5.73 Å². The predicted molar refractivity (Wildman–Crippen MR) is 178 cm³/mol. The molecule has 0 spiro atoms. The molecule has 1 aliphatic rings. The highest BCUT2D eigenvalue weighted by atomic mass is 16.5. The van der Waals surface area contributed by atoms with Gasteiger partial charge in [0.05, 0.1) is 47.6 Å². The van der Waals surface area contributed by atoms with Crippen LogP contribution in [0.15, 0.2) is 72.8 Å². The molecule has 9 nitrogen and oxygen atoms in total. The number of hydrogen-bond donors (Lipinski definition) is 2. The van der Waals surface area contributed by atoms with Crippen molar-refractivity contribution in [1.82, 2.24) is 4.90 Å². The summed E-state index contributed by atoms with van der Waals surface area (Å²) < 4.78 is 28.5. The van der Waals surface area contributed by atoms with Crippen LogP contribution in [0.4, 0.5) is 0 Å². The van der Waals surface area contributed by atoms with Crippen LogP contribution in [-0.4, -0.2) is 64.0 Å². The molecule has 0 radical (unpaired) electrons. The van der Waals surface area contributed by atoms with E-state index in [4.69, 9.17) is 29.4 Å². The van der Waals surface area contributed by atoms with Crippen LogP contribution in [0.3, 0.4) is 0 Å². The van der Waals surface area contributed by atoms with E-state index >= 15 is 0 Å². The number of methoxy groups -OCH3 is 5. The first-order chi connectivity index (χ1) is 22.3. The molecule has 5 aromatic carbocycles. The van der Waals surface area contributed by atoms with Crippen LogP contribution in [0.2, 0.25) is 0 Å². The smallest absolute Gasteiger partial charge is 0.240 e. The van der Waals surface area contributed by atoms with Crippen molar-refractivity contribution in [3.05, 3.63) is 95.1 Å². The van der Waals surface area contributed by atoms with Gasteiger partial charge in [-0.2, -0.15) is 0 Å². The Labute approximate surface area is 268 Å². The normalized spacial score (nSPS) is 14.9. The van der Waals surface area contributed by atoms with Crippen molar-refractivity contribution in [2.75, 3.05) is 42.1 Å². The second-order valence-electron chi connectivity index (χ2n) is 11.4. The molecule has 3 N–H and O–H groups in total. The van der Waals surface area contributed by atoms with E-state index in [9.17, 15) is 9.90 Å². The average molecular weight is 623 g/mol. The van der Waals surface area contributed by atoms with Crippen molar-refractivity contribution in [3.63, 3.8) is 0 Å². The molecule has 2 unspecified atom stereocenters. The van der Waals surface area contributed by atoms with E-state index in [1.165, 1.54) is 0 Å². The van der Waals surface area contributed by atoms with E-state index < -0.39 is 12.1 Å². The summed E-state index contributed by atoms with van der Waals surface area (Å²) in [6, 6.07) is 21.5. The fourth-order valence-corrected chi connectivity index (χ4v) is 6.54. The van der Waals surface area contributed by atoms with Crippen molar-refractivity contribution in [3.8, 4) is 34.5 Å². The number of nitrogens with zero attached hydrogens (tertiary/aromatic N) is 1. The molecular weight excluding hydrogens is 584 g/mol. The molecule has 46 heavy (non-hydrogen) atoms. The van der Waals surface area contributed by atoms with Gasteiger partial charge < -0.3 is 39.4 Å². The van der Waals surface area contributed by atoms with Crippen LogP contribution in [0.1, 0.15) is 28.3 Å². The zero-order valence-corrected chi connectivity index (χ0v) is 26.6. The van der Waals surface area contributed by atoms with Crippen LogP contribution in [0, 0.1) is 0 Å². The minimum absolute atomic E-state index is 0.161. The molecule has 0 fully saturated rings. The Kier molecular flexibility index (Phi) is 8.51. The minimum Gasteiger partial charge on any atom is -0.508 e. The second kappa shape index (κ2) is 12.7. The molecule has 1 amide bonds. The van der Waals surface area contributed by atoms with E-state index in [1.807, 2.05) is 47.4 Å². The second-order valence-corrected chi connectivity index (χ2v) is 11.4. The first kappa shape index (κ1) is 30.9. The Balaban J connectivity index is 1.60. The Bertz CT molecular complexity index is 1920. The summed E-state index contributed by atoms with van der Waals surface area (Å²) in [6.07, 6.45) is 0.939. The molecule has 6 rings (SSSR count). The number of phenols is 1. The third kappa shape index (κ3) is 5.47. The zero-order chi connectivity index (χ0) is 32.5. The topological polar surface area (TPSA) is 113 Å². The Morgan fingerprint density at radius 2 is 1.39 bits per heavy atom. The number of fused-ring (bicyclic) bond motifs is 4. The van der Waals surface area contributed by atoms with Gasteiger partial charge in [0, 0.05) is 6.54 Å². The monoisotopic (exact) mass is 622 g/mol. The Morgan fingerprint density at radius 3 is 2.04 bits per heavy atom. The molecule has 0 bridgehead atoms. The highest BCUT2D eigenvalue weighted by molar-refractivity contribution is 6.11. The van der Waals surface area contributed by atoms with Gasteiger partial charge in [-0.3, -0.25) is 4.79 Å². The summed E-state index contributed by atoms with van der Waals surface area (Å²) in [4.78, 5) is 16.3. The fourth-order valence-electron chi connectivity index (χ4n) is 6.54. The Hall–Kier alpha value is -5.15. The largest absolute Gasteiger partial charge is 0.508 e. The summed E-state index contributed by atoms with van der Waals surface area (Å²) >= 11 is 0. The van der Waals surface area contributed by atoms with Crippen molar-refractivity contribution < 1.29 is 33.6 Å². The number of ether oxygens (including phenoxy) is 5. The maximum Gasteiger partial charge on any atom is 0.240 e. The lowest BCUT2D eigenvalue weighted by Crippen LogP contribution is -2.49. The number of hydrogen-bond acceptors (Lipinski definition) is 8. The van der Waals surface area contributed by atoms with E-state index in [2.05, 4.69) is 6.07 Å². The van der Waals surface area contributed by atoms with Gasteiger partial charge in [-0.15, -0.1) is 0 Å². The number of aromatic hydroxyl groups is 1. The maximum atomic E-state index is 14.4. The standard InChI is InChI=1S/C37H38N2O7/c1-42-25-11-8-22-15-30(29-20-35(46-5)34(45-4)19-28(29)26(22)17-25)36-27-18-33(44-3)32(43-2)16-23(27)12-13-39(36)37(41)31(38)14-21-6-9-24(40)10-7-21/h6-11,15-20,31,36,40H,12-14,38H2,1-5H3. The number of carbonyl (C=O) groups is 1. The molecule has 5 aromatic rings. The molecule has 0 aliphatic carbocycles. The van der Waals surface area contributed by atoms with Crippen LogP contribution in [0.25, 0.3) is 21.5 Å². The van der Waals surface area contributed by atoms with Gasteiger partial charge in [-0.05, 0) is 111 Å². The van der Waals surface area contributed by atoms with Gasteiger partial charge >= 0.3 is 0 Å². The predicted octanol–water partition coefficient (Wildman–Crippen LogP) is 5.79. The molecule has 1 heterocycles. The van der Waals surface area contributed by atoms with E-state index in [-0.39, 0.29) is 11.7 Å². The maximum absolute atomic E-state index is 14.4. The molecule has 1 aliphatic heterocycles. The molecule has 0 saturated heterocycles. The van der Waals surface area contributed by atoms with Gasteiger partial charge in [-0.25, -0.2) is 0 Å². The molecular formula is C37H38N2O7. The molecule has 238 valence electrons. The number of phenolic OH excluding ortho intramolecular Hbond substituents is 1. The van der Waals surface area contributed by atoms with Crippen molar-refractivity contribution in [2.45, 2.75) is 24.9 Å². The minimum atomic E-state index is -0.806. The van der Waals surface area contributed by atoms with Gasteiger partial charge in [0.15, 0.2) is 23.0 Å².